The Labute approximate surface area is 122 Å². The summed E-state index contributed by atoms with van der Waals surface area (Å²) < 4.78 is 5.30. The van der Waals surface area contributed by atoms with Crippen LogP contribution in [-0.4, -0.2) is 17.1 Å². The average Bonchev–Trinajstić information content (AvgIpc) is 2.96. The third-order valence-electron chi connectivity index (χ3n) is 3.20. The largest absolute Gasteiger partial charge is 0.496 e. The van der Waals surface area contributed by atoms with Gasteiger partial charge >= 0.3 is 0 Å². The fourth-order valence-corrected chi connectivity index (χ4v) is 2.18. The van der Waals surface area contributed by atoms with Gasteiger partial charge in [-0.2, -0.15) is 5.26 Å². The lowest BCUT2D eigenvalue weighted by molar-refractivity contribution is 0.414. The second kappa shape index (κ2) is 5.51. The normalized spacial score (nSPS) is 11.3. The van der Waals surface area contributed by atoms with Crippen molar-refractivity contribution in [3.63, 3.8) is 0 Å². The molecule has 0 saturated heterocycles. The molecule has 102 valence electrons. The number of benzene rings is 2. The number of nitriles is 1. The third-order valence-corrected chi connectivity index (χ3v) is 3.20. The first-order chi connectivity index (χ1) is 10.3. The molecule has 21 heavy (non-hydrogen) atoms. The number of rotatable bonds is 3. The van der Waals surface area contributed by atoms with Crippen molar-refractivity contribution < 1.29 is 4.74 Å². The minimum atomic E-state index is 0.468. The first-order valence-corrected chi connectivity index (χ1v) is 6.52. The number of aromatic nitrogens is 2. The molecule has 0 radical (unpaired) electrons. The zero-order valence-electron chi connectivity index (χ0n) is 11.5. The van der Waals surface area contributed by atoms with Crippen LogP contribution < -0.4 is 4.74 Å². The number of ether oxygens (including phenoxy) is 1. The molecule has 0 saturated carbocycles. The van der Waals surface area contributed by atoms with Gasteiger partial charge in [-0.15, -0.1) is 0 Å². The molecule has 4 nitrogen and oxygen atoms in total. The molecule has 0 spiro atoms. The molecule has 0 amide bonds. The fraction of sp³-hybridized carbons (Fsp3) is 0.0588. The maximum absolute atomic E-state index is 9.41. The van der Waals surface area contributed by atoms with Crippen LogP contribution in [0.15, 0.2) is 48.5 Å². The summed E-state index contributed by atoms with van der Waals surface area (Å²) in [4.78, 5) is 7.61. The lowest BCUT2D eigenvalue weighted by Crippen LogP contribution is -1.89. The summed E-state index contributed by atoms with van der Waals surface area (Å²) in [5.74, 6) is 1.28. The smallest absolute Gasteiger partial charge is 0.149 e. The van der Waals surface area contributed by atoms with Crippen LogP contribution in [0, 0.1) is 11.3 Å². The number of para-hydroxylation sites is 3. The second-order valence-electron chi connectivity index (χ2n) is 4.51. The van der Waals surface area contributed by atoms with Gasteiger partial charge in [0, 0.05) is 5.56 Å². The van der Waals surface area contributed by atoms with Crippen molar-refractivity contribution in [3.8, 4) is 11.8 Å². The molecule has 3 aromatic rings. The Morgan fingerprint density at radius 1 is 1.19 bits per heavy atom. The number of allylic oxidation sites excluding steroid dienone is 1. The molecule has 4 heteroatoms. The van der Waals surface area contributed by atoms with E-state index in [1.54, 1.807) is 13.2 Å². The number of hydrogen-bond acceptors (Lipinski definition) is 3. The van der Waals surface area contributed by atoms with Gasteiger partial charge in [0.15, 0.2) is 0 Å². The third kappa shape index (κ3) is 2.49. The van der Waals surface area contributed by atoms with Crippen LogP contribution in [0.2, 0.25) is 0 Å². The van der Waals surface area contributed by atoms with Gasteiger partial charge in [-0.05, 0) is 24.3 Å². The molecule has 1 aromatic heterocycles. The minimum Gasteiger partial charge on any atom is -0.496 e. The molecule has 0 unspecified atom stereocenters. The van der Waals surface area contributed by atoms with Gasteiger partial charge in [-0.3, -0.25) is 0 Å². The highest BCUT2D eigenvalue weighted by Crippen LogP contribution is 2.24. The maximum Gasteiger partial charge on any atom is 0.149 e. The summed E-state index contributed by atoms with van der Waals surface area (Å²) in [6, 6.07) is 17.4. The lowest BCUT2D eigenvalue weighted by Gasteiger charge is -2.03. The molecule has 0 aliphatic carbocycles. The van der Waals surface area contributed by atoms with Crippen LogP contribution >= 0.6 is 0 Å². The van der Waals surface area contributed by atoms with Gasteiger partial charge in [0.1, 0.15) is 17.6 Å². The molecular weight excluding hydrogens is 262 g/mol. The van der Waals surface area contributed by atoms with E-state index in [9.17, 15) is 5.26 Å². The summed E-state index contributed by atoms with van der Waals surface area (Å²) in [7, 11) is 1.61. The van der Waals surface area contributed by atoms with Crippen LogP contribution in [0.25, 0.3) is 22.7 Å². The topological polar surface area (TPSA) is 61.7 Å². The maximum atomic E-state index is 9.41. The Morgan fingerprint density at radius 2 is 1.95 bits per heavy atom. The van der Waals surface area contributed by atoms with Gasteiger partial charge in [-0.25, -0.2) is 4.98 Å². The number of fused-ring (bicyclic) bond motifs is 1. The van der Waals surface area contributed by atoms with Gasteiger partial charge in [0.05, 0.1) is 23.7 Å². The minimum absolute atomic E-state index is 0.468. The molecule has 0 aliphatic heterocycles. The predicted octanol–water partition coefficient (Wildman–Crippen LogP) is 3.64. The molecule has 0 bridgehead atoms. The summed E-state index contributed by atoms with van der Waals surface area (Å²) in [5.41, 5.74) is 3.06. The van der Waals surface area contributed by atoms with Crippen molar-refractivity contribution >= 4 is 22.7 Å². The quantitative estimate of drug-likeness (QED) is 0.742. The van der Waals surface area contributed by atoms with Crippen molar-refractivity contribution in [1.82, 2.24) is 9.97 Å². The Balaban J connectivity index is 2.09. The van der Waals surface area contributed by atoms with E-state index in [1.165, 1.54) is 0 Å². The SMILES string of the molecule is COc1ccccc1/C=C(/C#N)c1nc2ccccc2[nH]1. The molecule has 1 N–H and O–H groups in total. The Hall–Kier alpha value is -3.06. The van der Waals surface area contributed by atoms with Crippen LogP contribution in [0.1, 0.15) is 11.4 Å². The van der Waals surface area contributed by atoms with E-state index >= 15 is 0 Å². The number of hydrogen-bond donors (Lipinski definition) is 1. The zero-order chi connectivity index (χ0) is 14.7. The summed E-state index contributed by atoms with van der Waals surface area (Å²) in [5, 5.41) is 9.41. The van der Waals surface area contributed by atoms with Crippen LogP contribution in [0.4, 0.5) is 0 Å². The van der Waals surface area contributed by atoms with Crippen LogP contribution in [0.3, 0.4) is 0 Å². The summed E-state index contributed by atoms with van der Waals surface area (Å²) in [6.07, 6.45) is 1.77. The number of nitrogens with zero attached hydrogens (tertiary/aromatic N) is 2. The van der Waals surface area contributed by atoms with Gasteiger partial charge in [0.2, 0.25) is 0 Å². The van der Waals surface area contributed by atoms with E-state index in [4.69, 9.17) is 4.74 Å². The standard InChI is InChI=1S/C17H13N3O/c1-21-16-9-5-2-6-12(16)10-13(11-18)17-19-14-7-3-4-8-15(14)20-17/h2-10H,1H3,(H,19,20)/b13-10-. The zero-order valence-corrected chi connectivity index (χ0v) is 11.5. The van der Waals surface area contributed by atoms with Crippen molar-refractivity contribution in [2.45, 2.75) is 0 Å². The van der Waals surface area contributed by atoms with Crippen molar-refractivity contribution in [1.29, 1.82) is 5.26 Å². The van der Waals surface area contributed by atoms with E-state index in [0.29, 0.717) is 11.4 Å². The molecule has 2 aromatic carbocycles. The first-order valence-electron chi connectivity index (χ1n) is 6.52. The van der Waals surface area contributed by atoms with E-state index in [0.717, 1.165) is 22.3 Å². The monoisotopic (exact) mass is 275 g/mol. The summed E-state index contributed by atoms with van der Waals surface area (Å²) >= 11 is 0. The van der Waals surface area contributed by atoms with E-state index < -0.39 is 0 Å². The molecule has 0 aliphatic rings. The van der Waals surface area contributed by atoms with Crippen molar-refractivity contribution in [2.75, 3.05) is 7.11 Å². The molecule has 0 atom stereocenters. The highest BCUT2D eigenvalue weighted by Gasteiger charge is 2.09. The first kappa shape index (κ1) is 12.9. The van der Waals surface area contributed by atoms with Crippen molar-refractivity contribution in [2.24, 2.45) is 0 Å². The number of imidazole rings is 1. The number of nitrogens with one attached hydrogen (secondary N) is 1. The highest BCUT2D eigenvalue weighted by molar-refractivity contribution is 5.91. The fourth-order valence-electron chi connectivity index (χ4n) is 2.18. The molecular formula is C17H13N3O. The average molecular weight is 275 g/mol. The van der Waals surface area contributed by atoms with E-state index in [1.807, 2.05) is 48.5 Å². The highest BCUT2D eigenvalue weighted by atomic mass is 16.5. The number of methoxy groups -OCH3 is 1. The van der Waals surface area contributed by atoms with Crippen LogP contribution in [-0.2, 0) is 0 Å². The molecule has 0 fully saturated rings. The second-order valence-corrected chi connectivity index (χ2v) is 4.51. The predicted molar refractivity (Wildman–Crippen MR) is 82.6 cm³/mol. The Morgan fingerprint density at radius 3 is 2.71 bits per heavy atom. The van der Waals surface area contributed by atoms with E-state index in [2.05, 4.69) is 16.0 Å². The molecule has 3 rings (SSSR count). The number of H-pyrrole nitrogens is 1. The molecule has 1 heterocycles. The van der Waals surface area contributed by atoms with Gasteiger partial charge < -0.3 is 9.72 Å². The van der Waals surface area contributed by atoms with Crippen molar-refractivity contribution in [3.05, 3.63) is 59.9 Å². The Kier molecular flexibility index (Phi) is 3.40. The number of aromatic amines is 1. The van der Waals surface area contributed by atoms with Gasteiger partial charge in [-0.1, -0.05) is 30.3 Å². The lowest BCUT2D eigenvalue weighted by atomic mass is 10.1. The Bertz CT molecular complexity index is 823. The summed E-state index contributed by atoms with van der Waals surface area (Å²) in [6.45, 7) is 0. The van der Waals surface area contributed by atoms with Crippen LogP contribution in [0.5, 0.6) is 5.75 Å². The van der Waals surface area contributed by atoms with E-state index in [-0.39, 0.29) is 0 Å². The van der Waals surface area contributed by atoms with Gasteiger partial charge in [0.25, 0.3) is 0 Å².